The van der Waals surface area contributed by atoms with E-state index in [9.17, 15) is 0 Å². The van der Waals surface area contributed by atoms with Gasteiger partial charge in [0, 0.05) is 6.54 Å². The average Bonchev–Trinajstić information content (AvgIpc) is 2.88. The second-order valence-corrected chi connectivity index (χ2v) is 4.87. The molecular formula is C17H18N2. The summed E-state index contributed by atoms with van der Waals surface area (Å²) in [6.07, 6.45) is 5.52. The molecule has 0 fully saturated rings. The van der Waals surface area contributed by atoms with Gasteiger partial charge in [-0.2, -0.15) is 0 Å². The number of unbranched alkanes of at least 4 members (excludes halogenated alkanes) is 1. The Morgan fingerprint density at radius 3 is 2.53 bits per heavy atom. The molecule has 0 aliphatic heterocycles. The lowest BCUT2D eigenvalue weighted by Crippen LogP contribution is -1.97. The van der Waals surface area contributed by atoms with Gasteiger partial charge in [-0.25, -0.2) is 4.98 Å². The number of nitrogens with zero attached hydrogens (tertiary/aromatic N) is 2. The van der Waals surface area contributed by atoms with E-state index in [-0.39, 0.29) is 0 Å². The van der Waals surface area contributed by atoms with E-state index < -0.39 is 0 Å². The molecule has 0 atom stereocenters. The molecular weight excluding hydrogens is 232 g/mol. The maximum atomic E-state index is 4.42. The highest BCUT2D eigenvalue weighted by atomic mass is 15.0. The number of benzene rings is 2. The van der Waals surface area contributed by atoms with E-state index in [0.29, 0.717) is 0 Å². The number of hydrogen-bond donors (Lipinski definition) is 0. The monoisotopic (exact) mass is 250 g/mol. The van der Waals surface area contributed by atoms with Crippen molar-refractivity contribution in [3.05, 3.63) is 66.5 Å². The largest absolute Gasteiger partial charge is 0.331 e. The summed E-state index contributed by atoms with van der Waals surface area (Å²) in [7, 11) is 0. The van der Waals surface area contributed by atoms with Gasteiger partial charge in [0.15, 0.2) is 0 Å². The Balaban J connectivity index is 1.55. The first-order valence-electron chi connectivity index (χ1n) is 6.87. The minimum absolute atomic E-state index is 1.05. The maximum absolute atomic E-state index is 4.42. The van der Waals surface area contributed by atoms with Crippen LogP contribution in [0.2, 0.25) is 0 Å². The first kappa shape index (κ1) is 12.0. The van der Waals surface area contributed by atoms with E-state index in [2.05, 4.69) is 58.1 Å². The van der Waals surface area contributed by atoms with Gasteiger partial charge in [0.2, 0.25) is 0 Å². The Morgan fingerprint density at radius 2 is 1.63 bits per heavy atom. The molecule has 0 aliphatic rings. The number of imidazole rings is 1. The van der Waals surface area contributed by atoms with Gasteiger partial charge in [0.25, 0.3) is 0 Å². The van der Waals surface area contributed by atoms with Crippen molar-refractivity contribution in [2.45, 2.75) is 25.8 Å². The van der Waals surface area contributed by atoms with E-state index in [4.69, 9.17) is 0 Å². The zero-order chi connectivity index (χ0) is 12.9. The summed E-state index contributed by atoms with van der Waals surface area (Å²) in [6.45, 7) is 1.05. The van der Waals surface area contributed by atoms with Gasteiger partial charge < -0.3 is 4.57 Å². The first-order valence-corrected chi connectivity index (χ1v) is 6.87. The third-order valence-corrected chi connectivity index (χ3v) is 3.48. The number of para-hydroxylation sites is 2. The normalized spacial score (nSPS) is 10.9. The van der Waals surface area contributed by atoms with E-state index in [1.54, 1.807) is 0 Å². The van der Waals surface area contributed by atoms with Gasteiger partial charge in [0.1, 0.15) is 0 Å². The summed E-state index contributed by atoms with van der Waals surface area (Å²) in [5.74, 6) is 0. The molecule has 2 heteroatoms. The second kappa shape index (κ2) is 5.70. The average molecular weight is 250 g/mol. The van der Waals surface area contributed by atoms with Crippen molar-refractivity contribution in [3.63, 3.8) is 0 Å². The Morgan fingerprint density at radius 1 is 0.842 bits per heavy atom. The Labute approximate surface area is 113 Å². The van der Waals surface area contributed by atoms with Crippen LogP contribution in [-0.4, -0.2) is 9.55 Å². The van der Waals surface area contributed by atoms with Crippen LogP contribution >= 0.6 is 0 Å². The molecule has 0 unspecified atom stereocenters. The van der Waals surface area contributed by atoms with Gasteiger partial charge in [-0.15, -0.1) is 0 Å². The molecule has 96 valence electrons. The lowest BCUT2D eigenvalue weighted by atomic mass is 10.1. The Bertz CT molecular complexity index is 640. The van der Waals surface area contributed by atoms with Crippen molar-refractivity contribution in [2.75, 3.05) is 0 Å². The molecule has 19 heavy (non-hydrogen) atoms. The fraction of sp³-hybridized carbons (Fsp3) is 0.235. The summed E-state index contributed by atoms with van der Waals surface area (Å²) >= 11 is 0. The highest BCUT2D eigenvalue weighted by molar-refractivity contribution is 5.74. The van der Waals surface area contributed by atoms with Crippen molar-refractivity contribution in [2.24, 2.45) is 0 Å². The topological polar surface area (TPSA) is 17.8 Å². The minimum atomic E-state index is 1.05. The molecule has 3 aromatic rings. The molecule has 0 saturated carbocycles. The molecule has 2 nitrogen and oxygen atoms in total. The summed E-state index contributed by atoms with van der Waals surface area (Å²) in [4.78, 5) is 4.42. The lowest BCUT2D eigenvalue weighted by molar-refractivity contribution is 0.621. The Kier molecular flexibility index (Phi) is 3.59. The summed E-state index contributed by atoms with van der Waals surface area (Å²) in [5, 5.41) is 0. The molecule has 2 aromatic carbocycles. The predicted molar refractivity (Wildman–Crippen MR) is 79.1 cm³/mol. The highest BCUT2D eigenvalue weighted by Crippen LogP contribution is 2.13. The number of hydrogen-bond acceptors (Lipinski definition) is 1. The maximum Gasteiger partial charge on any atom is 0.0958 e. The summed E-state index contributed by atoms with van der Waals surface area (Å²) in [6, 6.07) is 19.0. The number of fused-ring (bicyclic) bond motifs is 1. The van der Waals surface area contributed by atoms with Gasteiger partial charge >= 0.3 is 0 Å². The predicted octanol–water partition coefficient (Wildman–Crippen LogP) is 4.06. The fourth-order valence-electron chi connectivity index (χ4n) is 2.44. The standard InChI is InChI=1S/C17H18N2/c1-2-8-15(9-3-1)10-6-7-13-19-14-18-16-11-4-5-12-17(16)19/h1-5,8-9,11-12,14H,6-7,10,13H2. The van der Waals surface area contributed by atoms with Crippen LogP contribution in [0.3, 0.4) is 0 Å². The fourth-order valence-corrected chi connectivity index (χ4v) is 2.44. The zero-order valence-corrected chi connectivity index (χ0v) is 11.0. The zero-order valence-electron chi connectivity index (χ0n) is 11.0. The van der Waals surface area contributed by atoms with Crippen molar-refractivity contribution >= 4 is 11.0 Å². The molecule has 0 radical (unpaired) electrons. The van der Waals surface area contributed by atoms with Crippen LogP contribution in [-0.2, 0) is 13.0 Å². The van der Waals surface area contributed by atoms with Crippen molar-refractivity contribution in [1.29, 1.82) is 0 Å². The van der Waals surface area contributed by atoms with Gasteiger partial charge in [-0.05, 0) is 37.0 Å². The highest BCUT2D eigenvalue weighted by Gasteiger charge is 2.00. The van der Waals surface area contributed by atoms with Gasteiger partial charge in [-0.1, -0.05) is 42.5 Å². The van der Waals surface area contributed by atoms with Crippen molar-refractivity contribution in [3.8, 4) is 0 Å². The molecule has 0 bridgehead atoms. The number of aromatic nitrogens is 2. The summed E-state index contributed by atoms with van der Waals surface area (Å²) in [5.41, 5.74) is 3.76. The van der Waals surface area contributed by atoms with Crippen LogP contribution in [0.25, 0.3) is 11.0 Å². The molecule has 0 amide bonds. The lowest BCUT2D eigenvalue weighted by Gasteiger charge is -2.04. The van der Waals surface area contributed by atoms with Crippen LogP contribution in [0, 0.1) is 0 Å². The molecule has 0 saturated heterocycles. The number of aryl methyl sites for hydroxylation is 2. The van der Waals surface area contributed by atoms with Gasteiger partial charge in [0.05, 0.1) is 17.4 Å². The van der Waals surface area contributed by atoms with Crippen molar-refractivity contribution < 1.29 is 0 Å². The van der Waals surface area contributed by atoms with E-state index in [1.807, 2.05) is 12.4 Å². The molecule has 0 aliphatic carbocycles. The van der Waals surface area contributed by atoms with E-state index in [1.165, 1.54) is 23.9 Å². The van der Waals surface area contributed by atoms with E-state index >= 15 is 0 Å². The SMILES string of the molecule is c1ccc(CCCCn2cnc3ccccc32)cc1. The third kappa shape index (κ3) is 2.84. The van der Waals surface area contributed by atoms with Gasteiger partial charge in [-0.3, -0.25) is 0 Å². The first-order chi connectivity index (χ1) is 9.43. The molecule has 0 N–H and O–H groups in total. The molecule has 1 aromatic heterocycles. The Hall–Kier alpha value is -2.09. The van der Waals surface area contributed by atoms with Crippen LogP contribution in [0.15, 0.2) is 60.9 Å². The van der Waals surface area contributed by atoms with Crippen molar-refractivity contribution in [1.82, 2.24) is 9.55 Å². The minimum Gasteiger partial charge on any atom is -0.331 e. The van der Waals surface area contributed by atoms with Crippen LogP contribution in [0.1, 0.15) is 18.4 Å². The molecule has 3 rings (SSSR count). The number of rotatable bonds is 5. The molecule has 1 heterocycles. The van der Waals surface area contributed by atoms with Crippen LogP contribution < -0.4 is 0 Å². The quantitative estimate of drug-likeness (QED) is 0.624. The van der Waals surface area contributed by atoms with E-state index in [0.717, 1.165) is 18.5 Å². The van der Waals surface area contributed by atoms with Crippen LogP contribution in [0.4, 0.5) is 0 Å². The third-order valence-electron chi connectivity index (χ3n) is 3.48. The molecule has 0 spiro atoms. The summed E-state index contributed by atoms with van der Waals surface area (Å²) < 4.78 is 2.25. The van der Waals surface area contributed by atoms with Crippen LogP contribution in [0.5, 0.6) is 0 Å². The second-order valence-electron chi connectivity index (χ2n) is 4.87. The smallest absolute Gasteiger partial charge is 0.0958 e.